The van der Waals surface area contributed by atoms with Gasteiger partial charge in [0.25, 0.3) is 5.91 Å². The Labute approximate surface area is 137 Å². The monoisotopic (exact) mass is 327 g/mol. The molecule has 2 heterocycles. The topological polar surface area (TPSA) is 72.7 Å². The second-order valence-corrected chi connectivity index (χ2v) is 6.03. The van der Waals surface area contributed by atoms with Crippen LogP contribution in [0.3, 0.4) is 0 Å². The van der Waals surface area contributed by atoms with Crippen molar-refractivity contribution >= 4 is 28.4 Å². The standard InChI is InChI=1S/C16H14ClN5O/c17-11-6-10-2-1-5-18-15(10)13(7-11)16(23)19-8-14-21-20-9-22(14)12-3-4-12/h1-2,5-7,9,12H,3-4,8H2,(H,19,23). The Morgan fingerprint density at radius 3 is 3.09 bits per heavy atom. The van der Waals surface area contributed by atoms with Gasteiger partial charge in [0.15, 0.2) is 5.82 Å². The van der Waals surface area contributed by atoms with Gasteiger partial charge in [0.1, 0.15) is 6.33 Å². The summed E-state index contributed by atoms with van der Waals surface area (Å²) in [4.78, 5) is 16.8. The predicted molar refractivity (Wildman–Crippen MR) is 86.2 cm³/mol. The number of benzene rings is 1. The maximum absolute atomic E-state index is 12.5. The first-order valence-electron chi connectivity index (χ1n) is 7.43. The van der Waals surface area contributed by atoms with E-state index in [-0.39, 0.29) is 5.91 Å². The molecule has 1 aliphatic carbocycles. The van der Waals surface area contributed by atoms with E-state index < -0.39 is 0 Å². The summed E-state index contributed by atoms with van der Waals surface area (Å²) < 4.78 is 2.02. The van der Waals surface area contributed by atoms with Crippen molar-refractivity contribution < 1.29 is 4.79 Å². The number of carbonyl (C=O) groups is 1. The van der Waals surface area contributed by atoms with E-state index in [4.69, 9.17) is 11.6 Å². The van der Waals surface area contributed by atoms with Crippen LogP contribution >= 0.6 is 11.6 Å². The average Bonchev–Trinajstić information content (AvgIpc) is 3.30. The minimum atomic E-state index is -0.221. The second kappa shape index (κ2) is 5.62. The number of halogens is 1. The molecule has 0 saturated heterocycles. The molecule has 3 aromatic rings. The van der Waals surface area contributed by atoms with E-state index in [9.17, 15) is 4.79 Å². The van der Waals surface area contributed by atoms with Crippen LogP contribution in [0.2, 0.25) is 5.02 Å². The van der Waals surface area contributed by atoms with E-state index in [0.29, 0.717) is 28.7 Å². The van der Waals surface area contributed by atoms with Crippen LogP contribution in [0.25, 0.3) is 10.9 Å². The van der Waals surface area contributed by atoms with E-state index in [0.717, 1.165) is 24.1 Å². The number of hydrogen-bond acceptors (Lipinski definition) is 4. The third-order valence-electron chi connectivity index (χ3n) is 3.91. The molecular weight excluding hydrogens is 314 g/mol. The Bertz CT molecular complexity index is 887. The van der Waals surface area contributed by atoms with Gasteiger partial charge in [-0.1, -0.05) is 17.7 Å². The van der Waals surface area contributed by atoms with Crippen molar-refractivity contribution in [2.75, 3.05) is 0 Å². The van der Waals surface area contributed by atoms with E-state index in [2.05, 4.69) is 20.5 Å². The summed E-state index contributed by atoms with van der Waals surface area (Å²) in [5, 5.41) is 12.2. The van der Waals surface area contributed by atoms with Crippen molar-refractivity contribution in [1.29, 1.82) is 0 Å². The number of aromatic nitrogens is 4. The average molecular weight is 328 g/mol. The maximum atomic E-state index is 12.5. The minimum Gasteiger partial charge on any atom is -0.345 e. The van der Waals surface area contributed by atoms with Crippen molar-refractivity contribution in [2.45, 2.75) is 25.4 Å². The Hall–Kier alpha value is -2.47. The lowest BCUT2D eigenvalue weighted by molar-refractivity contribution is 0.0951. The quantitative estimate of drug-likeness (QED) is 0.799. The highest BCUT2D eigenvalue weighted by Crippen LogP contribution is 2.35. The molecule has 1 saturated carbocycles. The molecule has 0 unspecified atom stereocenters. The van der Waals surface area contributed by atoms with E-state index in [1.165, 1.54) is 0 Å². The first-order valence-corrected chi connectivity index (χ1v) is 7.81. The highest BCUT2D eigenvalue weighted by molar-refractivity contribution is 6.32. The van der Waals surface area contributed by atoms with Crippen molar-refractivity contribution in [3.63, 3.8) is 0 Å². The lowest BCUT2D eigenvalue weighted by Gasteiger charge is -2.09. The largest absolute Gasteiger partial charge is 0.345 e. The van der Waals surface area contributed by atoms with Gasteiger partial charge >= 0.3 is 0 Å². The summed E-state index contributed by atoms with van der Waals surface area (Å²) in [5.41, 5.74) is 1.10. The molecule has 116 valence electrons. The number of hydrogen-bond donors (Lipinski definition) is 1. The highest BCUT2D eigenvalue weighted by atomic mass is 35.5. The molecule has 23 heavy (non-hydrogen) atoms. The van der Waals surface area contributed by atoms with E-state index in [1.807, 2.05) is 16.7 Å². The summed E-state index contributed by atoms with van der Waals surface area (Å²) in [6.45, 7) is 0.330. The molecule has 1 N–H and O–H groups in total. The van der Waals surface area contributed by atoms with Gasteiger partial charge in [0.2, 0.25) is 0 Å². The van der Waals surface area contributed by atoms with Crippen LogP contribution in [0.5, 0.6) is 0 Å². The van der Waals surface area contributed by atoms with E-state index in [1.54, 1.807) is 24.7 Å². The van der Waals surface area contributed by atoms with Gasteiger partial charge in [0.05, 0.1) is 17.6 Å². The smallest absolute Gasteiger partial charge is 0.253 e. The summed E-state index contributed by atoms with van der Waals surface area (Å²) >= 11 is 6.11. The minimum absolute atomic E-state index is 0.221. The molecular formula is C16H14ClN5O. The Morgan fingerprint density at radius 2 is 2.26 bits per heavy atom. The van der Waals surface area contributed by atoms with Crippen LogP contribution in [0, 0.1) is 0 Å². The molecule has 0 aliphatic heterocycles. The third kappa shape index (κ3) is 2.77. The SMILES string of the molecule is O=C(NCc1nncn1C1CC1)c1cc(Cl)cc2cccnc12. The van der Waals surface area contributed by atoms with Gasteiger partial charge in [0, 0.05) is 22.6 Å². The number of rotatable bonds is 4. The molecule has 1 fully saturated rings. The molecule has 4 rings (SSSR count). The van der Waals surface area contributed by atoms with Gasteiger partial charge in [-0.05, 0) is 31.0 Å². The fraction of sp³-hybridized carbons (Fsp3) is 0.250. The van der Waals surface area contributed by atoms with Gasteiger partial charge in [-0.15, -0.1) is 10.2 Å². The normalized spacial score (nSPS) is 14.1. The number of nitrogens with one attached hydrogen (secondary N) is 1. The zero-order valence-electron chi connectivity index (χ0n) is 12.2. The van der Waals surface area contributed by atoms with Crippen LogP contribution in [-0.2, 0) is 6.54 Å². The Balaban J connectivity index is 1.58. The highest BCUT2D eigenvalue weighted by Gasteiger charge is 2.26. The molecule has 0 spiro atoms. The van der Waals surface area contributed by atoms with Gasteiger partial charge in [-0.2, -0.15) is 0 Å². The molecule has 2 aromatic heterocycles. The lowest BCUT2D eigenvalue weighted by atomic mass is 10.1. The van der Waals surface area contributed by atoms with E-state index >= 15 is 0 Å². The fourth-order valence-electron chi connectivity index (χ4n) is 2.63. The summed E-state index contributed by atoms with van der Waals surface area (Å²) in [7, 11) is 0. The van der Waals surface area contributed by atoms with Crippen LogP contribution in [0.4, 0.5) is 0 Å². The zero-order chi connectivity index (χ0) is 15.8. The summed E-state index contributed by atoms with van der Waals surface area (Å²) in [5.74, 6) is 0.543. The molecule has 0 bridgehead atoms. The summed E-state index contributed by atoms with van der Waals surface area (Å²) in [6.07, 6.45) is 5.66. The molecule has 6 nitrogen and oxygen atoms in total. The molecule has 0 radical (unpaired) electrons. The summed E-state index contributed by atoms with van der Waals surface area (Å²) in [6, 6.07) is 7.61. The van der Waals surface area contributed by atoms with Crippen molar-refractivity contribution in [1.82, 2.24) is 25.1 Å². The third-order valence-corrected chi connectivity index (χ3v) is 4.13. The molecule has 0 atom stereocenters. The maximum Gasteiger partial charge on any atom is 0.253 e. The van der Waals surface area contributed by atoms with Crippen molar-refractivity contribution in [3.8, 4) is 0 Å². The number of fused-ring (bicyclic) bond motifs is 1. The number of pyridine rings is 1. The molecule has 7 heteroatoms. The first kappa shape index (κ1) is 14.1. The van der Waals surface area contributed by atoms with Gasteiger partial charge in [-0.25, -0.2) is 0 Å². The number of carbonyl (C=O) groups excluding carboxylic acids is 1. The predicted octanol–water partition coefficient (Wildman–Crippen LogP) is 2.74. The van der Waals surface area contributed by atoms with Crippen LogP contribution in [0.1, 0.15) is 35.1 Å². The number of nitrogens with zero attached hydrogens (tertiary/aromatic N) is 4. The Kier molecular flexibility index (Phi) is 3.46. The second-order valence-electron chi connectivity index (χ2n) is 5.60. The zero-order valence-corrected chi connectivity index (χ0v) is 13.0. The fourth-order valence-corrected chi connectivity index (χ4v) is 2.86. The van der Waals surface area contributed by atoms with Gasteiger partial charge < -0.3 is 9.88 Å². The van der Waals surface area contributed by atoms with Crippen LogP contribution < -0.4 is 5.32 Å². The Morgan fingerprint density at radius 1 is 1.39 bits per heavy atom. The van der Waals surface area contributed by atoms with Crippen molar-refractivity contribution in [3.05, 3.63) is 53.2 Å². The molecule has 1 aromatic carbocycles. The van der Waals surface area contributed by atoms with Gasteiger partial charge in [-0.3, -0.25) is 9.78 Å². The molecule has 1 aliphatic rings. The first-order chi connectivity index (χ1) is 11.2. The van der Waals surface area contributed by atoms with Crippen LogP contribution in [-0.4, -0.2) is 25.7 Å². The number of amides is 1. The molecule has 1 amide bonds. The van der Waals surface area contributed by atoms with Crippen molar-refractivity contribution in [2.24, 2.45) is 0 Å². The lowest BCUT2D eigenvalue weighted by Crippen LogP contribution is -2.25. The van der Waals surface area contributed by atoms with Crippen LogP contribution in [0.15, 0.2) is 36.8 Å².